The van der Waals surface area contributed by atoms with Crippen LogP contribution in [0.5, 0.6) is 23.0 Å². The van der Waals surface area contributed by atoms with Crippen molar-refractivity contribution in [3.63, 3.8) is 0 Å². The molecule has 0 aliphatic carbocycles. The first kappa shape index (κ1) is 37.7. The minimum Gasteiger partial charge on any atom is -0.453 e. The molecule has 0 fully saturated rings. The van der Waals surface area contributed by atoms with Crippen LogP contribution in [-0.2, 0) is 0 Å². The fourth-order valence-electron chi connectivity index (χ4n) is 10.3. The van der Waals surface area contributed by atoms with Gasteiger partial charge in [0.1, 0.15) is 0 Å². The number of nitrogens with zero attached hydrogens (tertiary/aromatic N) is 2. The van der Waals surface area contributed by atoms with Crippen molar-refractivity contribution in [1.29, 1.82) is 0 Å². The molecular formula is C60H44N2O2. The molecule has 2 aliphatic rings. The van der Waals surface area contributed by atoms with E-state index in [1.165, 1.54) is 54.9 Å². The van der Waals surface area contributed by atoms with Gasteiger partial charge in [-0.2, -0.15) is 0 Å². The Labute approximate surface area is 373 Å². The van der Waals surface area contributed by atoms with Crippen molar-refractivity contribution in [3.8, 4) is 78.6 Å². The molecule has 0 saturated heterocycles. The van der Waals surface area contributed by atoms with Crippen LogP contribution in [0.3, 0.4) is 0 Å². The van der Waals surface area contributed by atoms with E-state index in [0.29, 0.717) is 0 Å². The third-order valence-corrected chi connectivity index (χ3v) is 13.0. The van der Waals surface area contributed by atoms with Gasteiger partial charge < -0.3 is 19.3 Å². The molecule has 0 spiro atoms. The topological polar surface area (TPSA) is 24.9 Å². The van der Waals surface area contributed by atoms with E-state index in [-0.39, 0.29) is 0 Å². The molecule has 0 unspecified atom stereocenters. The highest BCUT2D eigenvalue weighted by Crippen LogP contribution is 2.54. The van der Waals surface area contributed by atoms with Gasteiger partial charge in [0.05, 0.1) is 22.7 Å². The molecule has 4 nitrogen and oxygen atoms in total. The van der Waals surface area contributed by atoms with Crippen LogP contribution >= 0.6 is 0 Å². The summed E-state index contributed by atoms with van der Waals surface area (Å²) < 4.78 is 13.2. The highest BCUT2D eigenvalue weighted by Gasteiger charge is 2.29. The molecule has 0 amide bonds. The van der Waals surface area contributed by atoms with Gasteiger partial charge in [-0.25, -0.2) is 0 Å². The molecule has 0 bridgehead atoms. The van der Waals surface area contributed by atoms with E-state index in [1.807, 2.05) is 12.1 Å². The van der Waals surface area contributed by atoms with Crippen molar-refractivity contribution in [1.82, 2.24) is 0 Å². The van der Waals surface area contributed by atoms with Gasteiger partial charge in [-0.05, 0) is 122 Å². The Kier molecular flexibility index (Phi) is 9.05. The number of fused-ring (bicyclic) bond motifs is 6. The standard InChI is InChI=1S/C60H44N2O2/c1-3-61-52-32-12-14-34-54(52)63-56-36-18-30-48(59(56)61)42-24-10-8-22-40(42)44-26-16-28-46-50(44)38-51-45(27-17-29-47(51)58(46)39-20-6-5-7-21-39)41-23-9-11-25-43(41)49-31-19-37-57-60(49)62(4-2)53-33-13-15-35-55(53)64-57/h5-38H,3-4H2,1-2H3. The molecule has 64 heavy (non-hydrogen) atoms. The lowest BCUT2D eigenvalue weighted by atomic mass is 9.84. The van der Waals surface area contributed by atoms with Gasteiger partial charge in [0, 0.05) is 24.2 Å². The molecular weight excluding hydrogens is 781 g/mol. The zero-order valence-corrected chi connectivity index (χ0v) is 35.8. The summed E-state index contributed by atoms with van der Waals surface area (Å²) in [6, 6.07) is 74.3. The minimum absolute atomic E-state index is 0.806. The summed E-state index contributed by atoms with van der Waals surface area (Å²) in [6.45, 7) is 6.04. The summed E-state index contributed by atoms with van der Waals surface area (Å²) in [5.41, 5.74) is 16.0. The number of rotatable bonds is 7. The van der Waals surface area contributed by atoms with Crippen LogP contribution in [0.2, 0.25) is 0 Å². The van der Waals surface area contributed by atoms with Gasteiger partial charge in [-0.15, -0.1) is 0 Å². The summed E-state index contributed by atoms with van der Waals surface area (Å²) in [7, 11) is 0. The van der Waals surface area contributed by atoms with E-state index >= 15 is 0 Å². The van der Waals surface area contributed by atoms with E-state index in [4.69, 9.17) is 9.47 Å². The molecule has 2 aliphatic heterocycles. The zero-order valence-electron chi connectivity index (χ0n) is 35.8. The fourth-order valence-corrected chi connectivity index (χ4v) is 10.3. The molecule has 12 rings (SSSR count). The van der Waals surface area contributed by atoms with Gasteiger partial charge in [0.15, 0.2) is 23.0 Å². The molecule has 10 aromatic rings. The summed E-state index contributed by atoms with van der Waals surface area (Å²) in [5.74, 6) is 3.48. The van der Waals surface area contributed by atoms with E-state index in [9.17, 15) is 0 Å². The molecule has 2 heterocycles. The van der Waals surface area contributed by atoms with Crippen LogP contribution in [0.1, 0.15) is 13.8 Å². The molecule has 0 atom stereocenters. The average Bonchev–Trinajstić information content (AvgIpc) is 3.36. The Balaban J connectivity index is 1.10. The number of para-hydroxylation sites is 6. The normalized spacial score (nSPS) is 12.5. The maximum absolute atomic E-state index is 6.60. The highest BCUT2D eigenvalue weighted by atomic mass is 16.5. The van der Waals surface area contributed by atoms with Gasteiger partial charge in [-0.3, -0.25) is 0 Å². The van der Waals surface area contributed by atoms with Crippen molar-refractivity contribution < 1.29 is 9.47 Å². The van der Waals surface area contributed by atoms with Crippen molar-refractivity contribution in [3.05, 3.63) is 206 Å². The Hall–Kier alpha value is -8.08. The van der Waals surface area contributed by atoms with Crippen LogP contribution in [0, 0.1) is 0 Å². The van der Waals surface area contributed by atoms with Gasteiger partial charge >= 0.3 is 0 Å². The number of hydrogen-bond acceptors (Lipinski definition) is 4. The van der Waals surface area contributed by atoms with E-state index in [2.05, 4.69) is 218 Å². The number of benzene rings is 10. The maximum Gasteiger partial charge on any atom is 0.151 e. The average molecular weight is 825 g/mol. The van der Waals surface area contributed by atoms with Crippen molar-refractivity contribution in [2.45, 2.75) is 13.8 Å². The summed E-state index contributed by atoms with van der Waals surface area (Å²) >= 11 is 0. The third kappa shape index (κ3) is 5.90. The zero-order chi connectivity index (χ0) is 42.7. The SMILES string of the molecule is CCN1c2ccccc2Oc2cccc(-c3ccccc3-c3cccc4c(-c5ccccc5)c5cccc(-c6ccccc6-c6cccc7c6N(CC)c6ccccc6O7)c5cc34)c21. The van der Waals surface area contributed by atoms with Crippen LogP contribution < -0.4 is 19.3 Å². The first-order chi connectivity index (χ1) is 31.7. The second-order valence-electron chi connectivity index (χ2n) is 16.4. The minimum atomic E-state index is 0.806. The van der Waals surface area contributed by atoms with Gasteiger partial charge in [0.25, 0.3) is 0 Å². The molecule has 0 aromatic heterocycles. The summed E-state index contributed by atoms with van der Waals surface area (Å²) in [5, 5.41) is 4.82. The molecule has 4 heteroatoms. The summed E-state index contributed by atoms with van der Waals surface area (Å²) in [6.07, 6.45) is 0. The number of anilines is 4. The highest BCUT2D eigenvalue weighted by molar-refractivity contribution is 6.20. The lowest BCUT2D eigenvalue weighted by Crippen LogP contribution is -2.21. The van der Waals surface area contributed by atoms with Crippen molar-refractivity contribution in [2.75, 3.05) is 22.9 Å². The Morgan fingerprint density at radius 1 is 0.312 bits per heavy atom. The molecule has 10 aromatic carbocycles. The molecule has 306 valence electrons. The van der Waals surface area contributed by atoms with E-state index < -0.39 is 0 Å². The Morgan fingerprint density at radius 3 is 1.14 bits per heavy atom. The fraction of sp³-hybridized carbons (Fsp3) is 0.0667. The van der Waals surface area contributed by atoms with Crippen LogP contribution in [0.4, 0.5) is 22.7 Å². The van der Waals surface area contributed by atoms with Crippen molar-refractivity contribution in [2.24, 2.45) is 0 Å². The summed E-state index contributed by atoms with van der Waals surface area (Å²) in [4.78, 5) is 4.78. The third-order valence-electron chi connectivity index (χ3n) is 13.0. The predicted molar refractivity (Wildman–Crippen MR) is 267 cm³/mol. The molecule has 0 saturated carbocycles. The first-order valence-corrected chi connectivity index (χ1v) is 22.3. The number of hydrogen-bond donors (Lipinski definition) is 0. The van der Waals surface area contributed by atoms with Crippen LogP contribution in [-0.4, -0.2) is 13.1 Å². The van der Waals surface area contributed by atoms with Crippen LogP contribution in [0.25, 0.3) is 77.2 Å². The van der Waals surface area contributed by atoms with Crippen molar-refractivity contribution >= 4 is 44.3 Å². The maximum atomic E-state index is 6.60. The monoisotopic (exact) mass is 824 g/mol. The molecule has 0 N–H and O–H groups in total. The van der Waals surface area contributed by atoms with Gasteiger partial charge in [-0.1, -0.05) is 164 Å². The Bertz CT molecular complexity index is 3240. The first-order valence-electron chi connectivity index (χ1n) is 22.3. The van der Waals surface area contributed by atoms with E-state index in [0.717, 1.165) is 81.1 Å². The lowest BCUT2D eigenvalue weighted by molar-refractivity contribution is 0.474. The van der Waals surface area contributed by atoms with Gasteiger partial charge in [0.2, 0.25) is 0 Å². The molecule has 0 radical (unpaired) electrons. The predicted octanol–water partition coefficient (Wildman–Crippen LogP) is 16.9. The Morgan fingerprint density at radius 2 is 0.672 bits per heavy atom. The lowest BCUT2D eigenvalue weighted by Gasteiger charge is -2.34. The largest absolute Gasteiger partial charge is 0.453 e. The smallest absolute Gasteiger partial charge is 0.151 e. The quantitative estimate of drug-likeness (QED) is 0.150. The second-order valence-corrected chi connectivity index (χ2v) is 16.4. The van der Waals surface area contributed by atoms with Crippen LogP contribution in [0.15, 0.2) is 206 Å². The second kappa shape index (κ2) is 15.4. The van der Waals surface area contributed by atoms with E-state index in [1.54, 1.807) is 0 Å². The number of ether oxygens (including phenoxy) is 2.